The van der Waals surface area contributed by atoms with Crippen molar-refractivity contribution >= 4 is 41.1 Å². The van der Waals surface area contributed by atoms with Crippen molar-refractivity contribution < 1.29 is 19.1 Å². The Morgan fingerprint density at radius 1 is 1.00 bits per heavy atom. The van der Waals surface area contributed by atoms with Crippen molar-refractivity contribution in [2.24, 2.45) is 0 Å². The van der Waals surface area contributed by atoms with Crippen molar-refractivity contribution in [3.05, 3.63) is 64.7 Å². The van der Waals surface area contributed by atoms with Gasteiger partial charge in [-0.2, -0.15) is 0 Å². The second kappa shape index (κ2) is 10.9. The summed E-state index contributed by atoms with van der Waals surface area (Å²) < 4.78 is 5.06. The maximum Gasteiger partial charge on any atom is 0.262 e. The van der Waals surface area contributed by atoms with E-state index in [1.54, 1.807) is 62.6 Å². The lowest BCUT2D eigenvalue weighted by Gasteiger charge is -2.09. The third kappa shape index (κ3) is 7.31. The van der Waals surface area contributed by atoms with E-state index in [-0.39, 0.29) is 18.7 Å². The smallest absolute Gasteiger partial charge is 0.262 e. The van der Waals surface area contributed by atoms with Crippen molar-refractivity contribution in [3.63, 3.8) is 0 Å². The van der Waals surface area contributed by atoms with Gasteiger partial charge in [-0.05, 0) is 48.4 Å². The van der Waals surface area contributed by atoms with Crippen LogP contribution in [0.1, 0.15) is 24.0 Å². The fraction of sp³-hybridized carbons (Fsp3) is 0.190. The minimum Gasteiger partial charge on any atom is -0.497 e. The molecule has 3 amide bonds. The van der Waals surface area contributed by atoms with E-state index >= 15 is 0 Å². The summed E-state index contributed by atoms with van der Waals surface area (Å²) in [4.78, 5) is 35.6. The molecule has 8 heteroatoms. The molecule has 0 spiro atoms. The molecular formula is C21H22ClN3O4. The highest BCUT2D eigenvalue weighted by atomic mass is 35.5. The Balaban J connectivity index is 1.71. The number of nitrogens with one attached hydrogen (secondary N) is 3. The first-order chi connectivity index (χ1) is 13.9. The highest BCUT2D eigenvalue weighted by Gasteiger charge is 2.10. The monoisotopic (exact) mass is 415 g/mol. The second-order valence-corrected chi connectivity index (χ2v) is 6.51. The molecule has 0 fully saturated rings. The van der Waals surface area contributed by atoms with Crippen LogP contribution >= 0.6 is 11.6 Å². The first kappa shape index (κ1) is 22.0. The van der Waals surface area contributed by atoms with Gasteiger partial charge in [0.2, 0.25) is 11.8 Å². The number of ether oxygens (including phenoxy) is 1. The lowest BCUT2D eigenvalue weighted by molar-refractivity contribution is -0.128. The number of amides is 3. The molecule has 0 atom stereocenters. The summed E-state index contributed by atoms with van der Waals surface area (Å²) in [6.45, 7) is 1.79. The van der Waals surface area contributed by atoms with E-state index in [4.69, 9.17) is 16.3 Å². The molecule has 0 saturated carbocycles. The summed E-state index contributed by atoms with van der Waals surface area (Å²) in [5.74, 6) is -0.577. The van der Waals surface area contributed by atoms with Gasteiger partial charge in [0, 0.05) is 29.6 Å². The van der Waals surface area contributed by atoms with Crippen LogP contribution in [0.2, 0.25) is 5.02 Å². The van der Waals surface area contributed by atoms with E-state index in [0.717, 1.165) is 11.1 Å². The first-order valence-corrected chi connectivity index (χ1v) is 9.22. The van der Waals surface area contributed by atoms with Crippen LogP contribution in [0.15, 0.2) is 48.5 Å². The van der Waals surface area contributed by atoms with Crippen molar-refractivity contribution in [2.45, 2.75) is 19.8 Å². The van der Waals surface area contributed by atoms with Crippen molar-refractivity contribution in [1.82, 2.24) is 10.9 Å². The van der Waals surface area contributed by atoms with Gasteiger partial charge in [0.1, 0.15) is 5.75 Å². The number of carbonyl (C=O) groups is 3. The van der Waals surface area contributed by atoms with Crippen LogP contribution < -0.4 is 20.9 Å². The van der Waals surface area contributed by atoms with Crippen LogP contribution in [0.5, 0.6) is 5.75 Å². The van der Waals surface area contributed by atoms with Gasteiger partial charge in [0.25, 0.3) is 5.91 Å². The molecule has 0 aromatic heterocycles. The number of hydrazine groups is 1. The number of rotatable bonds is 7. The first-order valence-electron chi connectivity index (χ1n) is 8.85. The molecule has 0 bridgehead atoms. The van der Waals surface area contributed by atoms with Crippen LogP contribution in [-0.4, -0.2) is 24.8 Å². The van der Waals surface area contributed by atoms with Gasteiger partial charge in [0.15, 0.2) is 0 Å². The Labute approximate surface area is 174 Å². The van der Waals surface area contributed by atoms with Gasteiger partial charge in [-0.3, -0.25) is 25.2 Å². The largest absolute Gasteiger partial charge is 0.497 e. The van der Waals surface area contributed by atoms with Gasteiger partial charge in [0.05, 0.1) is 7.11 Å². The molecule has 0 aliphatic carbocycles. The number of carbonyl (C=O) groups excluding carboxylic acids is 3. The van der Waals surface area contributed by atoms with Gasteiger partial charge in [-0.25, -0.2) is 0 Å². The molecule has 2 rings (SSSR count). The fourth-order valence-corrected chi connectivity index (χ4v) is 2.48. The summed E-state index contributed by atoms with van der Waals surface area (Å²) in [7, 11) is 1.57. The molecule has 0 unspecified atom stereocenters. The Bertz CT molecular complexity index is 911. The number of anilines is 1. The predicted octanol–water partition coefficient (Wildman–Crippen LogP) is 3.24. The molecular weight excluding hydrogens is 394 g/mol. The standard InChI is InChI=1S/C21H22ClN3O4/c1-14-17(22)4-3-5-18(14)23-19(26)12-13-21(28)25-24-20(27)11-8-15-6-9-16(29-2)10-7-15/h3-11H,12-13H2,1-2H3,(H,23,26)(H,24,27)(H,25,28). The zero-order chi connectivity index (χ0) is 21.2. The van der Waals surface area contributed by atoms with Crippen LogP contribution in [0.3, 0.4) is 0 Å². The SMILES string of the molecule is COc1ccc(C=CC(=O)NNC(=O)CCC(=O)Nc2cccc(Cl)c2C)cc1. The summed E-state index contributed by atoms with van der Waals surface area (Å²) in [5, 5.41) is 3.25. The molecule has 0 radical (unpaired) electrons. The second-order valence-electron chi connectivity index (χ2n) is 6.10. The molecule has 0 aliphatic heterocycles. The number of benzene rings is 2. The normalized spacial score (nSPS) is 10.4. The van der Waals surface area contributed by atoms with Crippen molar-refractivity contribution in [1.29, 1.82) is 0 Å². The lowest BCUT2D eigenvalue weighted by Crippen LogP contribution is -2.41. The highest BCUT2D eigenvalue weighted by molar-refractivity contribution is 6.31. The predicted molar refractivity (Wildman–Crippen MR) is 112 cm³/mol. The molecule has 3 N–H and O–H groups in total. The number of halogens is 1. The van der Waals surface area contributed by atoms with Gasteiger partial charge in [-0.1, -0.05) is 29.8 Å². The molecule has 2 aromatic rings. The van der Waals surface area contributed by atoms with Crippen LogP contribution in [-0.2, 0) is 14.4 Å². The Morgan fingerprint density at radius 2 is 1.69 bits per heavy atom. The molecule has 29 heavy (non-hydrogen) atoms. The third-order valence-corrected chi connectivity index (χ3v) is 4.40. The van der Waals surface area contributed by atoms with E-state index in [9.17, 15) is 14.4 Å². The van der Waals surface area contributed by atoms with Gasteiger partial charge < -0.3 is 10.1 Å². The molecule has 7 nitrogen and oxygen atoms in total. The number of methoxy groups -OCH3 is 1. The quantitative estimate of drug-likeness (QED) is 0.477. The maximum absolute atomic E-state index is 12.0. The summed E-state index contributed by atoms with van der Waals surface area (Å²) in [6.07, 6.45) is 2.78. The Hall–Kier alpha value is -3.32. The number of hydrogen-bond acceptors (Lipinski definition) is 4. The minimum absolute atomic E-state index is 0.0324. The topological polar surface area (TPSA) is 96.5 Å². The summed E-state index contributed by atoms with van der Waals surface area (Å²) in [6, 6.07) is 12.3. The van der Waals surface area contributed by atoms with Crippen LogP contribution in [0, 0.1) is 6.92 Å². The summed E-state index contributed by atoms with van der Waals surface area (Å²) >= 11 is 6.01. The van der Waals surface area contributed by atoms with Crippen LogP contribution in [0.25, 0.3) is 6.08 Å². The molecule has 0 aliphatic rings. The molecule has 0 heterocycles. The highest BCUT2D eigenvalue weighted by Crippen LogP contribution is 2.23. The van der Waals surface area contributed by atoms with Crippen molar-refractivity contribution in [3.8, 4) is 5.75 Å². The van der Waals surface area contributed by atoms with Gasteiger partial charge >= 0.3 is 0 Å². The van der Waals surface area contributed by atoms with E-state index in [1.807, 2.05) is 0 Å². The zero-order valence-corrected chi connectivity index (χ0v) is 16.9. The van der Waals surface area contributed by atoms with E-state index in [1.165, 1.54) is 6.08 Å². The number of hydrogen-bond donors (Lipinski definition) is 3. The molecule has 2 aromatic carbocycles. The lowest BCUT2D eigenvalue weighted by atomic mass is 10.2. The minimum atomic E-state index is -0.492. The zero-order valence-electron chi connectivity index (χ0n) is 16.1. The maximum atomic E-state index is 12.0. The van der Waals surface area contributed by atoms with Gasteiger partial charge in [-0.15, -0.1) is 0 Å². The Morgan fingerprint density at radius 3 is 2.38 bits per heavy atom. The average Bonchev–Trinajstić information content (AvgIpc) is 2.73. The van der Waals surface area contributed by atoms with Crippen molar-refractivity contribution in [2.75, 3.05) is 12.4 Å². The van der Waals surface area contributed by atoms with E-state index < -0.39 is 11.8 Å². The molecule has 0 saturated heterocycles. The summed E-state index contributed by atoms with van der Waals surface area (Å²) in [5.41, 5.74) is 6.69. The average molecular weight is 416 g/mol. The van der Waals surface area contributed by atoms with E-state index in [2.05, 4.69) is 16.2 Å². The molecule has 152 valence electrons. The third-order valence-electron chi connectivity index (χ3n) is 3.99. The van der Waals surface area contributed by atoms with Crippen LogP contribution in [0.4, 0.5) is 5.69 Å². The fourth-order valence-electron chi connectivity index (χ4n) is 2.31. The Kier molecular flexibility index (Phi) is 8.24. The van der Waals surface area contributed by atoms with E-state index in [0.29, 0.717) is 16.5 Å².